The van der Waals surface area contributed by atoms with Crippen LogP contribution in [0.4, 0.5) is 18.9 Å². The number of amides is 1. The summed E-state index contributed by atoms with van der Waals surface area (Å²) in [6, 6.07) is 2.63. The van der Waals surface area contributed by atoms with Crippen molar-refractivity contribution in [1.82, 2.24) is 4.98 Å². The van der Waals surface area contributed by atoms with Crippen LogP contribution in [0.25, 0.3) is 10.9 Å². The fraction of sp³-hybridized carbons (Fsp3) is 0.0909. The zero-order valence-corrected chi connectivity index (χ0v) is 9.34. The minimum absolute atomic E-state index is 0.109. The second-order valence-electron chi connectivity index (χ2n) is 3.87. The van der Waals surface area contributed by atoms with Crippen LogP contribution in [0, 0.1) is 0 Å². The van der Waals surface area contributed by atoms with E-state index < -0.39 is 28.8 Å². The number of aromatic nitrogens is 1. The van der Waals surface area contributed by atoms with Gasteiger partial charge in [-0.15, -0.1) is 0 Å². The lowest BCUT2D eigenvalue weighted by Gasteiger charge is -2.10. The third-order valence-corrected chi connectivity index (χ3v) is 2.63. The maximum atomic E-state index is 12.5. The summed E-state index contributed by atoms with van der Waals surface area (Å²) in [5.74, 6) is -1.04. The number of nitrogens with one attached hydrogen (secondary N) is 1. The third-order valence-electron chi connectivity index (χ3n) is 2.63. The number of aromatic amines is 1. The minimum Gasteiger partial charge on any atom is -0.397 e. The Labute approximate surface area is 104 Å². The number of benzene rings is 1. The van der Waals surface area contributed by atoms with Gasteiger partial charge in [-0.3, -0.25) is 9.59 Å². The number of hydrogen-bond donors (Lipinski definition) is 3. The molecule has 0 saturated heterocycles. The normalized spacial score (nSPS) is 11.7. The summed E-state index contributed by atoms with van der Waals surface area (Å²) in [4.78, 5) is 24.8. The number of fused-ring (bicyclic) bond motifs is 1. The van der Waals surface area contributed by atoms with E-state index in [1.54, 1.807) is 0 Å². The molecule has 0 unspecified atom stereocenters. The summed E-state index contributed by atoms with van der Waals surface area (Å²) in [7, 11) is 0. The Balaban J connectivity index is 2.82. The lowest BCUT2D eigenvalue weighted by atomic mass is 10.1. The number of hydrogen-bond acceptors (Lipinski definition) is 3. The maximum absolute atomic E-state index is 12.5. The first-order valence-corrected chi connectivity index (χ1v) is 5.04. The largest absolute Gasteiger partial charge is 0.416 e. The van der Waals surface area contributed by atoms with Crippen molar-refractivity contribution in [3.8, 4) is 0 Å². The van der Waals surface area contributed by atoms with Gasteiger partial charge in [-0.2, -0.15) is 13.2 Å². The molecule has 0 saturated carbocycles. The van der Waals surface area contributed by atoms with Crippen molar-refractivity contribution >= 4 is 22.5 Å². The molecule has 100 valence electrons. The highest BCUT2D eigenvalue weighted by Crippen LogP contribution is 2.32. The van der Waals surface area contributed by atoms with Crippen LogP contribution in [-0.2, 0) is 6.18 Å². The first-order chi connectivity index (χ1) is 8.71. The van der Waals surface area contributed by atoms with Gasteiger partial charge >= 0.3 is 6.18 Å². The van der Waals surface area contributed by atoms with Crippen molar-refractivity contribution in [2.45, 2.75) is 6.18 Å². The van der Waals surface area contributed by atoms with Gasteiger partial charge in [-0.1, -0.05) is 6.07 Å². The van der Waals surface area contributed by atoms with Crippen LogP contribution in [-0.4, -0.2) is 10.9 Å². The molecular formula is C11H8F3N3O2. The van der Waals surface area contributed by atoms with Crippen LogP contribution in [0.2, 0.25) is 0 Å². The number of primary amides is 1. The molecular weight excluding hydrogens is 263 g/mol. The van der Waals surface area contributed by atoms with E-state index in [1.165, 1.54) is 0 Å². The smallest absolute Gasteiger partial charge is 0.397 e. The molecule has 8 heteroatoms. The fourth-order valence-electron chi connectivity index (χ4n) is 1.75. The van der Waals surface area contributed by atoms with Crippen LogP contribution < -0.4 is 17.0 Å². The highest BCUT2D eigenvalue weighted by atomic mass is 19.4. The van der Waals surface area contributed by atoms with E-state index in [4.69, 9.17) is 11.5 Å². The lowest BCUT2D eigenvalue weighted by Crippen LogP contribution is -2.25. The number of anilines is 1. The predicted octanol–water partition coefficient (Wildman–Crippen LogP) is 1.23. The minimum atomic E-state index is -4.54. The monoisotopic (exact) mass is 271 g/mol. The predicted molar refractivity (Wildman–Crippen MR) is 62.5 cm³/mol. The van der Waals surface area contributed by atoms with Crippen molar-refractivity contribution in [3.63, 3.8) is 0 Å². The Hall–Kier alpha value is -2.51. The first-order valence-electron chi connectivity index (χ1n) is 5.04. The number of rotatable bonds is 1. The van der Waals surface area contributed by atoms with Gasteiger partial charge < -0.3 is 16.5 Å². The SMILES string of the molecule is NC(=O)c1c(N)c2ccc(C(F)(F)F)cc2[nH]c1=O. The lowest BCUT2D eigenvalue weighted by molar-refractivity contribution is -0.137. The number of pyridine rings is 1. The third kappa shape index (κ3) is 2.12. The van der Waals surface area contributed by atoms with Gasteiger partial charge in [-0.05, 0) is 12.1 Å². The number of H-pyrrole nitrogens is 1. The molecule has 5 N–H and O–H groups in total. The van der Waals surface area contributed by atoms with Crippen molar-refractivity contribution in [3.05, 3.63) is 39.7 Å². The summed E-state index contributed by atoms with van der Waals surface area (Å²) < 4.78 is 37.6. The number of carbonyl (C=O) groups is 1. The number of nitrogen functional groups attached to an aromatic ring is 1. The van der Waals surface area contributed by atoms with E-state index >= 15 is 0 Å². The molecule has 2 rings (SSSR count). The first kappa shape index (κ1) is 12.9. The molecule has 0 aliphatic rings. The molecule has 0 bridgehead atoms. The summed E-state index contributed by atoms with van der Waals surface area (Å²) >= 11 is 0. The Kier molecular flexibility index (Phi) is 2.73. The van der Waals surface area contributed by atoms with Crippen LogP contribution in [0.15, 0.2) is 23.0 Å². The number of nitrogens with two attached hydrogens (primary N) is 2. The van der Waals surface area contributed by atoms with Gasteiger partial charge in [-0.25, -0.2) is 0 Å². The van der Waals surface area contributed by atoms with Gasteiger partial charge in [0, 0.05) is 5.39 Å². The highest BCUT2D eigenvalue weighted by Gasteiger charge is 2.30. The van der Waals surface area contributed by atoms with Crippen molar-refractivity contribution in [2.24, 2.45) is 5.73 Å². The van der Waals surface area contributed by atoms with Crippen molar-refractivity contribution < 1.29 is 18.0 Å². The van der Waals surface area contributed by atoms with Gasteiger partial charge in [0.1, 0.15) is 5.56 Å². The molecule has 5 nitrogen and oxygen atoms in total. The maximum Gasteiger partial charge on any atom is 0.416 e. The van der Waals surface area contributed by atoms with E-state index in [9.17, 15) is 22.8 Å². The molecule has 1 heterocycles. The molecule has 0 aliphatic heterocycles. The van der Waals surface area contributed by atoms with Crippen LogP contribution in [0.3, 0.4) is 0 Å². The number of alkyl halides is 3. The highest BCUT2D eigenvalue weighted by molar-refractivity contribution is 6.05. The van der Waals surface area contributed by atoms with Gasteiger partial charge in [0.15, 0.2) is 0 Å². The molecule has 19 heavy (non-hydrogen) atoms. The molecule has 0 spiro atoms. The summed E-state index contributed by atoms with van der Waals surface area (Å²) in [5, 5.41) is 0.126. The average molecular weight is 271 g/mol. The van der Waals surface area contributed by atoms with E-state index in [-0.39, 0.29) is 16.6 Å². The van der Waals surface area contributed by atoms with Crippen molar-refractivity contribution in [2.75, 3.05) is 5.73 Å². The van der Waals surface area contributed by atoms with Crippen LogP contribution in [0.1, 0.15) is 15.9 Å². The van der Waals surface area contributed by atoms with Gasteiger partial charge in [0.2, 0.25) is 0 Å². The van der Waals surface area contributed by atoms with Crippen LogP contribution in [0.5, 0.6) is 0 Å². The standard InChI is InChI=1S/C11H8F3N3O2/c12-11(13,14)4-1-2-5-6(3-4)17-10(19)7(8(5)15)9(16)18/h1-3H,(H2,16,18)(H3,15,17,19). The molecule has 1 amide bonds. The summed E-state index contributed by atoms with van der Waals surface area (Å²) in [5.41, 5.74) is 7.91. The molecule has 0 fully saturated rings. The van der Waals surface area contributed by atoms with E-state index in [0.717, 1.165) is 18.2 Å². The zero-order valence-electron chi connectivity index (χ0n) is 9.34. The second kappa shape index (κ2) is 4.01. The Morgan fingerprint density at radius 2 is 1.89 bits per heavy atom. The van der Waals surface area contributed by atoms with E-state index in [1.807, 2.05) is 0 Å². The zero-order chi connectivity index (χ0) is 14.4. The Bertz CT molecular complexity index is 734. The number of halogens is 3. The molecule has 0 radical (unpaired) electrons. The quantitative estimate of drug-likeness (QED) is 0.726. The molecule has 1 aromatic carbocycles. The molecule has 0 aliphatic carbocycles. The topological polar surface area (TPSA) is 102 Å². The summed E-state index contributed by atoms with van der Waals surface area (Å²) in [6.07, 6.45) is -4.54. The summed E-state index contributed by atoms with van der Waals surface area (Å²) in [6.45, 7) is 0. The van der Waals surface area contributed by atoms with E-state index in [2.05, 4.69) is 4.98 Å². The van der Waals surface area contributed by atoms with Crippen molar-refractivity contribution in [1.29, 1.82) is 0 Å². The second-order valence-corrected chi connectivity index (χ2v) is 3.87. The van der Waals surface area contributed by atoms with E-state index in [0.29, 0.717) is 0 Å². The van der Waals surface area contributed by atoms with Crippen LogP contribution >= 0.6 is 0 Å². The Morgan fingerprint density at radius 1 is 1.26 bits per heavy atom. The molecule has 2 aromatic rings. The Morgan fingerprint density at radius 3 is 2.42 bits per heavy atom. The molecule has 1 aromatic heterocycles. The van der Waals surface area contributed by atoms with Gasteiger partial charge in [0.25, 0.3) is 11.5 Å². The number of carbonyl (C=O) groups excluding carboxylic acids is 1. The molecule has 0 atom stereocenters. The van der Waals surface area contributed by atoms with Gasteiger partial charge in [0.05, 0.1) is 16.8 Å². The average Bonchev–Trinajstić information content (AvgIpc) is 2.26. The fourth-order valence-corrected chi connectivity index (χ4v) is 1.75.